The lowest BCUT2D eigenvalue weighted by atomic mass is 9.81. The van der Waals surface area contributed by atoms with E-state index in [2.05, 4.69) is 52.9 Å². The van der Waals surface area contributed by atoms with Gasteiger partial charge in [-0.2, -0.15) is 0 Å². The van der Waals surface area contributed by atoms with Gasteiger partial charge in [-0.25, -0.2) is 8.42 Å². The molecule has 0 fully saturated rings. The Balaban J connectivity index is 0.0000122. The quantitative estimate of drug-likeness (QED) is 0.280. The van der Waals surface area contributed by atoms with Crippen LogP contribution in [-0.4, -0.2) is 50.3 Å². The number of hydrogen-bond donors (Lipinski definition) is 3. The van der Waals surface area contributed by atoms with E-state index in [-0.39, 0.29) is 35.7 Å². The van der Waals surface area contributed by atoms with E-state index in [9.17, 15) is 18.3 Å². The molecule has 0 aliphatic heterocycles. The van der Waals surface area contributed by atoms with Crippen LogP contribution in [0.1, 0.15) is 84.8 Å². The van der Waals surface area contributed by atoms with Crippen LogP contribution in [0.2, 0.25) is 0 Å². The number of nitrogens with one attached hydrogen (secondary N) is 1. The molecular weight excluding hydrogens is 500 g/mol. The van der Waals surface area contributed by atoms with Gasteiger partial charge in [0.25, 0.3) is 0 Å². The van der Waals surface area contributed by atoms with Crippen LogP contribution in [-0.2, 0) is 26.5 Å². The van der Waals surface area contributed by atoms with E-state index in [0.29, 0.717) is 37.0 Å². The van der Waals surface area contributed by atoms with Crippen LogP contribution in [0.15, 0.2) is 18.2 Å². The molecule has 210 valence electrons. The first-order valence-electron chi connectivity index (χ1n) is 12.8. The van der Waals surface area contributed by atoms with E-state index in [1.807, 2.05) is 12.1 Å². The number of carbonyl (C=O) groups excluding carboxylic acids is 1. The van der Waals surface area contributed by atoms with E-state index in [4.69, 9.17) is 10.5 Å². The summed E-state index contributed by atoms with van der Waals surface area (Å²) in [7, 11) is -3.26. The second-order valence-electron chi connectivity index (χ2n) is 11.2. The second kappa shape index (κ2) is 15.8. The molecule has 36 heavy (non-hydrogen) atoms. The van der Waals surface area contributed by atoms with Gasteiger partial charge < -0.3 is 20.9 Å². The Morgan fingerprint density at radius 1 is 1.19 bits per heavy atom. The Kier molecular flexibility index (Phi) is 15.2. The minimum Gasteiger partial charge on any atom is -0.477 e. The van der Waals surface area contributed by atoms with Gasteiger partial charge in [-0.1, -0.05) is 60.1 Å². The molecule has 0 spiro atoms. The first-order chi connectivity index (χ1) is 16.1. The van der Waals surface area contributed by atoms with Gasteiger partial charge >= 0.3 is 0 Å². The summed E-state index contributed by atoms with van der Waals surface area (Å²) >= 11 is 0. The third-order valence-corrected chi connectivity index (χ3v) is 6.82. The van der Waals surface area contributed by atoms with E-state index in [1.54, 1.807) is 0 Å². The van der Waals surface area contributed by atoms with Crippen molar-refractivity contribution in [1.29, 1.82) is 0 Å². The molecule has 0 saturated carbocycles. The topological polar surface area (TPSA) is 119 Å². The lowest BCUT2D eigenvalue weighted by Gasteiger charge is -2.27. The molecule has 0 unspecified atom stereocenters. The first kappa shape index (κ1) is 34.6. The van der Waals surface area contributed by atoms with Crippen LogP contribution in [0.25, 0.3) is 0 Å². The summed E-state index contributed by atoms with van der Waals surface area (Å²) in [5, 5.41) is 12.9. The zero-order valence-electron chi connectivity index (χ0n) is 23.2. The summed E-state index contributed by atoms with van der Waals surface area (Å²) in [6.07, 6.45) is 4.47. The fourth-order valence-electron chi connectivity index (χ4n) is 4.01. The molecule has 0 aliphatic rings. The van der Waals surface area contributed by atoms with Crippen molar-refractivity contribution in [2.45, 2.75) is 97.6 Å². The number of hydrogen-bond acceptors (Lipinski definition) is 6. The maximum Gasteiger partial charge on any atom is 0.248 e. The number of unbranched alkanes of at least 4 members (excludes halogenated alkanes) is 1. The highest BCUT2D eigenvalue weighted by atomic mass is 35.5. The van der Waals surface area contributed by atoms with E-state index >= 15 is 0 Å². The Labute approximate surface area is 225 Å². The fourth-order valence-corrected chi connectivity index (χ4v) is 4.35. The molecule has 1 amide bonds. The molecule has 0 heterocycles. The van der Waals surface area contributed by atoms with Crippen molar-refractivity contribution in [3.8, 4) is 5.75 Å². The molecule has 1 aromatic rings. The molecule has 4 N–H and O–H groups in total. The Bertz CT molecular complexity index is 900. The van der Waals surface area contributed by atoms with Gasteiger partial charge in [0.2, 0.25) is 5.91 Å². The largest absolute Gasteiger partial charge is 0.477 e. The summed E-state index contributed by atoms with van der Waals surface area (Å²) in [5.74, 6) is 0.595. The lowest BCUT2D eigenvalue weighted by Crippen LogP contribution is -2.36. The van der Waals surface area contributed by atoms with Crippen molar-refractivity contribution in [1.82, 2.24) is 5.32 Å². The molecule has 0 aromatic heterocycles. The minimum absolute atomic E-state index is 0. The van der Waals surface area contributed by atoms with Crippen LogP contribution in [0.5, 0.6) is 5.75 Å². The van der Waals surface area contributed by atoms with Crippen molar-refractivity contribution < 1.29 is 23.1 Å². The van der Waals surface area contributed by atoms with Crippen molar-refractivity contribution in [3.63, 3.8) is 0 Å². The number of ether oxygens (including phenoxy) is 1. The van der Waals surface area contributed by atoms with Crippen molar-refractivity contribution in [2.75, 3.05) is 18.7 Å². The van der Waals surface area contributed by atoms with E-state index in [0.717, 1.165) is 43.1 Å². The highest BCUT2D eigenvalue weighted by molar-refractivity contribution is 7.90. The maximum atomic E-state index is 12.0. The molecule has 3 atom stereocenters. The van der Waals surface area contributed by atoms with Gasteiger partial charge in [0, 0.05) is 18.8 Å². The SMILES string of the molecule is CCCCNC(=O)[C@@H](O)CC[C@H](N)C[C@H](Cc1ccc(C(C)(C)C)c(OCS(C)(=O)=O)c1)C(C)C.Cl. The van der Waals surface area contributed by atoms with Gasteiger partial charge in [-0.05, 0) is 66.5 Å². The van der Waals surface area contributed by atoms with Gasteiger partial charge in [-0.3, -0.25) is 4.79 Å². The molecule has 1 rings (SSSR count). The fraction of sp³-hybridized carbons (Fsp3) is 0.741. The van der Waals surface area contributed by atoms with Crippen molar-refractivity contribution >= 4 is 28.2 Å². The summed E-state index contributed by atoms with van der Waals surface area (Å²) in [4.78, 5) is 12.0. The molecule has 0 saturated heterocycles. The zero-order valence-corrected chi connectivity index (χ0v) is 24.8. The van der Waals surface area contributed by atoms with Crippen LogP contribution < -0.4 is 15.8 Å². The Hall–Kier alpha value is -1.35. The number of amides is 1. The highest BCUT2D eigenvalue weighted by Gasteiger charge is 2.23. The standard InChI is InChI=1S/C27H48N2O5S.ClH/c1-8-9-14-29-26(31)24(30)13-11-22(28)17-21(19(2)3)15-20-10-12-23(27(4,5)6)25(16-20)34-18-35(7,32)33;/h10,12,16,19,21-22,24,30H,8-9,11,13-15,17-18,28H2,1-7H3,(H,29,31);1H/t21-,22-,24-;/m0./s1. The van der Waals surface area contributed by atoms with Gasteiger partial charge in [0.15, 0.2) is 15.8 Å². The Morgan fingerprint density at radius 2 is 1.83 bits per heavy atom. The second-order valence-corrected chi connectivity index (χ2v) is 13.3. The predicted octanol–water partition coefficient (Wildman–Crippen LogP) is 4.38. The van der Waals surface area contributed by atoms with Crippen molar-refractivity contribution in [2.24, 2.45) is 17.6 Å². The molecule has 7 nitrogen and oxygen atoms in total. The third-order valence-electron chi connectivity index (χ3n) is 6.27. The number of nitrogens with two attached hydrogens (primary N) is 1. The summed E-state index contributed by atoms with van der Waals surface area (Å²) in [6.45, 7) is 13.2. The molecule has 0 aliphatic carbocycles. The van der Waals surface area contributed by atoms with Gasteiger partial charge in [0.1, 0.15) is 11.9 Å². The van der Waals surface area contributed by atoms with Crippen LogP contribution in [0.4, 0.5) is 0 Å². The smallest absolute Gasteiger partial charge is 0.248 e. The highest BCUT2D eigenvalue weighted by Crippen LogP contribution is 2.34. The molecule has 0 bridgehead atoms. The molecular formula is C27H49ClN2O5S. The Morgan fingerprint density at radius 3 is 2.36 bits per heavy atom. The maximum absolute atomic E-state index is 12.0. The number of aliphatic hydroxyl groups excluding tert-OH is 1. The van der Waals surface area contributed by atoms with Crippen LogP contribution in [0, 0.1) is 11.8 Å². The summed E-state index contributed by atoms with van der Waals surface area (Å²) < 4.78 is 29.1. The molecule has 0 radical (unpaired) electrons. The molecule has 1 aromatic carbocycles. The number of halogens is 1. The summed E-state index contributed by atoms with van der Waals surface area (Å²) in [6, 6.07) is 5.93. The van der Waals surface area contributed by atoms with Crippen molar-refractivity contribution in [3.05, 3.63) is 29.3 Å². The number of carbonyl (C=O) groups is 1. The van der Waals surface area contributed by atoms with E-state index < -0.39 is 15.9 Å². The predicted molar refractivity (Wildman–Crippen MR) is 151 cm³/mol. The zero-order chi connectivity index (χ0) is 26.8. The number of benzene rings is 1. The van der Waals surface area contributed by atoms with E-state index in [1.165, 1.54) is 0 Å². The monoisotopic (exact) mass is 548 g/mol. The average Bonchev–Trinajstić information content (AvgIpc) is 2.74. The van der Waals surface area contributed by atoms with Gasteiger partial charge in [-0.15, -0.1) is 12.4 Å². The lowest BCUT2D eigenvalue weighted by molar-refractivity contribution is -0.129. The first-order valence-corrected chi connectivity index (χ1v) is 14.8. The normalized spacial score (nSPS) is 14.6. The number of sulfone groups is 1. The minimum atomic E-state index is -3.26. The third kappa shape index (κ3) is 13.3. The van der Waals surface area contributed by atoms with Gasteiger partial charge in [0.05, 0.1) is 0 Å². The number of aliphatic hydroxyl groups is 1. The summed E-state index contributed by atoms with van der Waals surface area (Å²) in [5.41, 5.74) is 8.26. The van der Waals surface area contributed by atoms with Crippen LogP contribution in [0.3, 0.4) is 0 Å². The van der Waals surface area contributed by atoms with Crippen LogP contribution >= 0.6 is 12.4 Å². The average molecular weight is 549 g/mol. The number of rotatable bonds is 15. The molecule has 9 heteroatoms.